The summed E-state index contributed by atoms with van der Waals surface area (Å²) in [5, 5.41) is 0. The lowest BCUT2D eigenvalue weighted by molar-refractivity contribution is 0.738. The zero-order valence-electron chi connectivity index (χ0n) is 8.39. The van der Waals surface area contributed by atoms with Crippen LogP contribution in [0.3, 0.4) is 0 Å². The summed E-state index contributed by atoms with van der Waals surface area (Å²) < 4.78 is 1.96. The lowest BCUT2D eigenvalue weighted by Gasteiger charge is -2.04. The van der Waals surface area contributed by atoms with Crippen molar-refractivity contribution in [3.8, 4) is 0 Å². The molecular weight excluding hydrogens is 212 g/mol. The number of rotatable bonds is 3. The molecule has 0 aliphatic rings. The smallest absolute Gasteiger partial charge is 0.0952 e. The third-order valence-electron chi connectivity index (χ3n) is 2.10. The van der Waals surface area contributed by atoms with Crippen LogP contribution in [-0.2, 0) is 12.4 Å². The highest BCUT2D eigenvalue weighted by molar-refractivity contribution is 6.16. The number of hydrogen-bond donors (Lipinski definition) is 0. The molecule has 0 unspecified atom stereocenters. The molecule has 15 heavy (non-hydrogen) atoms. The van der Waals surface area contributed by atoms with Crippen LogP contribution in [0.5, 0.6) is 0 Å². The first-order valence-corrected chi connectivity index (χ1v) is 5.15. The van der Waals surface area contributed by atoms with Crippen molar-refractivity contribution in [1.29, 1.82) is 0 Å². The third kappa shape index (κ3) is 2.33. The first kappa shape index (κ1) is 10.1. The minimum Gasteiger partial charge on any atom is -0.327 e. The first-order chi connectivity index (χ1) is 7.29. The van der Waals surface area contributed by atoms with Gasteiger partial charge in [-0.1, -0.05) is 0 Å². The predicted molar refractivity (Wildman–Crippen MR) is 57.7 cm³/mol. The third-order valence-corrected chi connectivity index (χ3v) is 2.38. The van der Waals surface area contributed by atoms with Crippen molar-refractivity contribution in [2.24, 2.45) is 0 Å². The monoisotopic (exact) mass is 222 g/mol. The van der Waals surface area contributed by atoms with Crippen LogP contribution >= 0.6 is 11.6 Å². The van der Waals surface area contributed by atoms with Gasteiger partial charge in [-0.3, -0.25) is 9.97 Å². The number of aromatic nitrogens is 4. The van der Waals surface area contributed by atoms with E-state index in [0.29, 0.717) is 12.4 Å². The Kier molecular flexibility index (Phi) is 2.97. The highest BCUT2D eigenvalue weighted by atomic mass is 35.5. The van der Waals surface area contributed by atoms with Gasteiger partial charge >= 0.3 is 0 Å². The number of imidazole rings is 1. The molecule has 0 aliphatic heterocycles. The molecule has 0 N–H and O–H groups in total. The van der Waals surface area contributed by atoms with Crippen LogP contribution in [0, 0.1) is 6.92 Å². The van der Waals surface area contributed by atoms with Crippen LogP contribution in [-0.4, -0.2) is 19.5 Å². The van der Waals surface area contributed by atoms with Gasteiger partial charge in [0.1, 0.15) is 0 Å². The van der Waals surface area contributed by atoms with E-state index in [9.17, 15) is 0 Å². The summed E-state index contributed by atoms with van der Waals surface area (Å²) in [6, 6.07) is 0. The molecule has 0 aliphatic carbocycles. The molecule has 2 heterocycles. The number of alkyl halides is 1. The zero-order chi connectivity index (χ0) is 10.7. The standard InChI is InChI=1S/C10H11ClN4/c1-8-3-14-9(4-13-8)6-15-7-12-5-10(15)2-11/h3-5,7H,2,6H2,1H3. The summed E-state index contributed by atoms with van der Waals surface area (Å²) in [6.45, 7) is 2.58. The quantitative estimate of drug-likeness (QED) is 0.744. The van der Waals surface area contributed by atoms with Crippen molar-refractivity contribution in [2.75, 3.05) is 0 Å². The molecule has 0 saturated carbocycles. The molecule has 5 heteroatoms. The van der Waals surface area contributed by atoms with E-state index in [1.807, 2.05) is 11.5 Å². The van der Waals surface area contributed by atoms with E-state index in [4.69, 9.17) is 11.6 Å². The van der Waals surface area contributed by atoms with E-state index in [-0.39, 0.29) is 0 Å². The molecule has 2 rings (SSSR count). The predicted octanol–water partition coefficient (Wildman–Crippen LogP) is 1.77. The van der Waals surface area contributed by atoms with Crippen LogP contribution in [0.25, 0.3) is 0 Å². The molecule has 0 fully saturated rings. The summed E-state index contributed by atoms with van der Waals surface area (Å²) in [5.74, 6) is 0.458. The van der Waals surface area contributed by atoms with Crippen molar-refractivity contribution >= 4 is 11.6 Å². The van der Waals surface area contributed by atoms with Gasteiger partial charge < -0.3 is 4.57 Å². The molecule has 0 atom stereocenters. The van der Waals surface area contributed by atoms with Gasteiger partial charge in [0.2, 0.25) is 0 Å². The van der Waals surface area contributed by atoms with Gasteiger partial charge in [-0.15, -0.1) is 11.6 Å². The second kappa shape index (κ2) is 4.40. The first-order valence-electron chi connectivity index (χ1n) is 4.62. The minimum atomic E-state index is 0.458. The van der Waals surface area contributed by atoms with Crippen LogP contribution < -0.4 is 0 Å². The maximum absolute atomic E-state index is 5.77. The van der Waals surface area contributed by atoms with Gasteiger partial charge in [0.15, 0.2) is 0 Å². The summed E-state index contributed by atoms with van der Waals surface area (Å²) in [7, 11) is 0. The van der Waals surface area contributed by atoms with Gasteiger partial charge in [0.25, 0.3) is 0 Å². The minimum absolute atomic E-state index is 0.458. The van der Waals surface area contributed by atoms with E-state index in [1.165, 1.54) is 0 Å². The lowest BCUT2D eigenvalue weighted by Crippen LogP contribution is -2.04. The van der Waals surface area contributed by atoms with Crippen LogP contribution in [0.1, 0.15) is 17.1 Å². The van der Waals surface area contributed by atoms with Crippen LogP contribution in [0.2, 0.25) is 0 Å². The number of aryl methyl sites for hydroxylation is 1. The maximum atomic E-state index is 5.77. The van der Waals surface area contributed by atoms with Crippen molar-refractivity contribution in [3.63, 3.8) is 0 Å². The van der Waals surface area contributed by atoms with Crippen LogP contribution in [0.4, 0.5) is 0 Å². The Morgan fingerprint density at radius 1 is 1.27 bits per heavy atom. The normalized spacial score (nSPS) is 10.5. The van der Waals surface area contributed by atoms with E-state index in [1.54, 1.807) is 24.9 Å². The number of halogens is 1. The van der Waals surface area contributed by atoms with Crippen molar-refractivity contribution in [1.82, 2.24) is 19.5 Å². The summed E-state index contributed by atoms with van der Waals surface area (Å²) >= 11 is 5.77. The molecule has 78 valence electrons. The Bertz CT molecular complexity index is 435. The van der Waals surface area contributed by atoms with Gasteiger partial charge in [-0.05, 0) is 6.92 Å². The largest absolute Gasteiger partial charge is 0.327 e. The fraction of sp³-hybridized carbons (Fsp3) is 0.300. The van der Waals surface area contributed by atoms with E-state index in [2.05, 4.69) is 15.0 Å². The maximum Gasteiger partial charge on any atom is 0.0952 e. The highest BCUT2D eigenvalue weighted by Gasteiger charge is 2.02. The molecule has 0 radical (unpaired) electrons. The number of nitrogens with zero attached hydrogens (tertiary/aromatic N) is 4. The molecule has 0 aromatic carbocycles. The molecular formula is C10H11ClN4. The average molecular weight is 223 g/mol. The summed E-state index contributed by atoms with van der Waals surface area (Å²) in [6.07, 6.45) is 7.04. The second-order valence-electron chi connectivity index (χ2n) is 3.30. The van der Waals surface area contributed by atoms with Gasteiger partial charge in [-0.2, -0.15) is 0 Å². The Labute approximate surface area is 93.0 Å². The van der Waals surface area contributed by atoms with Gasteiger partial charge in [0.05, 0.1) is 42.0 Å². The zero-order valence-corrected chi connectivity index (χ0v) is 9.15. The van der Waals surface area contributed by atoms with Crippen molar-refractivity contribution in [3.05, 3.63) is 42.0 Å². The fourth-order valence-corrected chi connectivity index (χ4v) is 1.50. The molecule has 0 amide bonds. The lowest BCUT2D eigenvalue weighted by atomic mass is 10.4. The van der Waals surface area contributed by atoms with Crippen molar-refractivity contribution < 1.29 is 0 Å². The summed E-state index contributed by atoms with van der Waals surface area (Å²) in [5.41, 5.74) is 2.81. The molecule has 4 nitrogen and oxygen atoms in total. The molecule has 0 bridgehead atoms. The topological polar surface area (TPSA) is 43.6 Å². The Hall–Kier alpha value is -1.42. The SMILES string of the molecule is Cc1cnc(Cn2cncc2CCl)cn1. The van der Waals surface area contributed by atoms with E-state index < -0.39 is 0 Å². The Morgan fingerprint density at radius 3 is 2.80 bits per heavy atom. The average Bonchev–Trinajstić information content (AvgIpc) is 2.69. The summed E-state index contributed by atoms with van der Waals surface area (Å²) in [4.78, 5) is 12.5. The molecule has 0 spiro atoms. The highest BCUT2D eigenvalue weighted by Crippen LogP contribution is 2.06. The van der Waals surface area contributed by atoms with E-state index >= 15 is 0 Å². The van der Waals surface area contributed by atoms with Crippen molar-refractivity contribution in [2.45, 2.75) is 19.3 Å². The molecule has 2 aromatic rings. The van der Waals surface area contributed by atoms with E-state index in [0.717, 1.165) is 17.1 Å². The van der Waals surface area contributed by atoms with Crippen LogP contribution in [0.15, 0.2) is 24.9 Å². The fourth-order valence-electron chi connectivity index (χ4n) is 1.28. The Morgan fingerprint density at radius 2 is 2.13 bits per heavy atom. The molecule has 2 aromatic heterocycles. The Balaban J connectivity index is 2.18. The second-order valence-corrected chi connectivity index (χ2v) is 3.56. The van der Waals surface area contributed by atoms with Gasteiger partial charge in [-0.25, -0.2) is 4.98 Å². The number of hydrogen-bond acceptors (Lipinski definition) is 3. The molecule has 0 saturated heterocycles. The van der Waals surface area contributed by atoms with Gasteiger partial charge in [0, 0.05) is 12.4 Å².